The second-order valence-corrected chi connectivity index (χ2v) is 5.41. The Hall–Kier alpha value is -1.81. The quantitative estimate of drug-likeness (QED) is 0.918. The molecule has 0 radical (unpaired) electrons. The van der Waals surface area contributed by atoms with Gasteiger partial charge < -0.3 is 10.5 Å². The molecule has 1 aromatic carbocycles. The Morgan fingerprint density at radius 3 is 2.68 bits per heavy atom. The predicted molar refractivity (Wildman–Crippen MR) is 77.8 cm³/mol. The maximum Gasteiger partial charge on any atom is 0.129 e. The number of ether oxygens (including phenoxy) is 1. The number of benzene rings is 1. The van der Waals surface area contributed by atoms with Crippen LogP contribution in [0, 0.1) is 0 Å². The second-order valence-electron chi connectivity index (χ2n) is 5.41. The van der Waals surface area contributed by atoms with Crippen LogP contribution in [0.5, 0.6) is 0 Å². The maximum absolute atomic E-state index is 6.01. The van der Waals surface area contributed by atoms with Crippen LogP contribution in [-0.2, 0) is 18.2 Å². The fourth-order valence-corrected chi connectivity index (χ4v) is 2.08. The summed E-state index contributed by atoms with van der Waals surface area (Å²) in [5, 5.41) is 4.18. The van der Waals surface area contributed by atoms with E-state index in [1.807, 2.05) is 13.1 Å². The van der Waals surface area contributed by atoms with E-state index in [0.29, 0.717) is 5.82 Å². The molecule has 4 heteroatoms. The van der Waals surface area contributed by atoms with Crippen LogP contribution < -0.4 is 5.73 Å². The Labute approximate surface area is 114 Å². The molecule has 0 saturated carbocycles. The molecule has 1 aromatic heterocycles. The number of hydrogen-bond donors (Lipinski definition) is 1. The van der Waals surface area contributed by atoms with Gasteiger partial charge >= 0.3 is 0 Å². The minimum atomic E-state index is -0.168. The van der Waals surface area contributed by atoms with Gasteiger partial charge in [-0.05, 0) is 25.0 Å². The van der Waals surface area contributed by atoms with Crippen molar-refractivity contribution in [2.45, 2.75) is 25.9 Å². The van der Waals surface area contributed by atoms with Gasteiger partial charge in [0, 0.05) is 26.1 Å². The van der Waals surface area contributed by atoms with Gasteiger partial charge in [0.25, 0.3) is 0 Å². The first kappa shape index (κ1) is 13.6. The smallest absolute Gasteiger partial charge is 0.129 e. The monoisotopic (exact) mass is 259 g/mol. The van der Waals surface area contributed by atoms with Gasteiger partial charge in [0.2, 0.25) is 0 Å². The number of aryl methyl sites for hydroxylation is 1. The average Bonchev–Trinajstić information content (AvgIpc) is 2.70. The third kappa shape index (κ3) is 2.96. The zero-order valence-electron chi connectivity index (χ0n) is 12.0. The highest BCUT2D eigenvalue weighted by Crippen LogP contribution is 2.27. The molecular weight excluding hydrogens is 238 g/mol. The molecule has 2 N–H and O–H groups in total. The van der Waals surface area contributed by atoms with E-state index in [0.717, 1.165) is 17.5 Å². The molecule has 0 spiro atoms. The van der Waals surface area contributed by atoms with Gasteiger partial charge in [0.05, 0.1) is 11.8 Å². The molecule has 19 heavy (non-hydrogen) atoms. The van der Waals surface area contributed by atoms with Crippen molar-refractivity contribution >= 4 is 5.82 Å². The highest BCUT2D eigenvalue weighted by molar-refractivity contribution is 5.73. The van der Waals surface area contributed by atoms with Crippen molar-refractivity contribution in [3.05, 3.63) is 36.0 Å². The summed E-state index contributed by atoms with van der Waals surface area (Å²) in [4.78, 5) is 0. The summed E-state index contributed by atoms with van der Waals surface area (Å²) in [6.45, 7) is 4.16. The van der Waals surface area contributed by atoms with Crippen molar-refractivity contribution in [3.8, 4) is 11.1 Å². The van der Waals surface area contributed by atoms with Gasteiger partial charge in [-0.25, -0.2) is 0 Å². The highest BCUT2D eigenvalue weighted by atomic mass is 16.5. The van der Waals surface area contributed by atoms with Crippen LogP contribution in [0.15, 0.2) is 30.5 Å². The van der Waals surface area contributed by atoms with Crippen LogP contribution in [0.25, 0.3) is 11.1 Å². The van der Waals surface area contributed by atoms with Crippen molar-refractivity contribution in [1.29, 1.82) is 0 Å². The van der Waals surface area contributed by atoms with Crippen LogP contribution in [-0.4, -0.2) is 22.5 Å². The molecule has 102 valence electrons. The number of nitrogens with zero attached hydrogens (tertiary/aromatic N) is 2. The maximum atomic E-state index is 6.01. The molecule has 1 heterocycles. The first-order valence-corrected chi connectivity index (χ1v) is 6.35. The van der Waals surface area contributed by atoms with Crippen LogP contribution in [0.3, 0.4) is 0 Å². The lowest BCUT2D eigenvalue weighted by atomic mass is 9.96. The second kappa shape index (κ2) is 5.05. The summed E-state index contributed by atoms with van der Waals surface area (Å²) in [7, 11) is 3.58. The fourth-order valence-electron chi connectivity index (χ4n) is 2.08. The van der Waals surface area contributed by atoms with Gasteiger partial charge in [-0.3, -0.25) is 4.68 Å². The van der Waals surface area contributed by atoms with E-state index in [9.17, 15) is 0 Å². The van der Waals surface area contributed by atoms with Crippen LogP contribution in [0.1, 0.15) is 19.4 Å². The average molecular weight is 259 g/mol. The summed E-state index contributed by atoms with van der Waals surface area (Å²) in [6.07, 6.45) is 2.66. The molecule has 0 unspecified atom stereocenters. The summed E-state index contributed by atoms with van der Waals surface area (Å²) >= 11 is 0. The number of rotatable bonds is 4. The first-order valence-electron chi connectivity index (χ1n) is 6.35. The van der Waals surface area contributed by atoms with Crippen molar-refractivity contribution in [2.75, 3.05) is 12.8 Å². The molecule has 0 aliphatic rings. The van der Waals surface area contributed by atoms with Crippen molar-refractivity contribution in [3.63, 3.8) is 0 Å². The molecule has 0 atom stereocenters. The van der Waals surface area contributed by atoms with Crippen molar-refractivity contribution < 1.29 is 4.74 Å². The van der Waals surface area contributed by atoms with Gasteiger partial charge in [-0.1, -0.05) is 24.3 Å². The van der Waals surface area contributed by atoms with Gasteiger partial charge in [-0.15, -0.1) is 0 Å². The summed E-state index contributed by atoms with van der Waals surface area (Å²) in [5.74, 6) is 0.683. The number of hydrogen-bond acceptors (Lipinski definition) is 3. The SMILES string of the molecule is COC(C)(C)Cc1cccc(-c2cnn(C)c2N)c1. The number of nitrogens with two attached hydrogens (primary N) is 1. The van der Waals surface area contributed by atoms with E-state index in [2.05, 4.69) is 37.1 Å². The van der Waals surface area contributed by atoms with E-state index in [-0.39, 0.29) is 5.60 Å². The van der Waals surface area contributed by atoms with Crippen LogP contribution in [0.4, 0.5) is 5.82 Å². The first-order chi connectivity index (χ1) is 8.93. The Morgan fingerprint density at radius 1 is 1.37 bits per heavy atom. The van der Waals surface area contributed by atoms with E-state index in [1.54, 1.807) is 18.0 Å². The number of aromatic nitrogens is 2. The third-order valence-corrected chi connectivity index (χ3v) is 3.41. The minimum absolute atomic E-state index is 0.168. The molecule has 2 rings (SSSR count). The Kier molecular flexibility index (Phi) is 3.62. The molecule has 2 aromatic rings. The van der Waals surface area contributed by atoms with Crippen molar-refractivity contribution in [1.82, 2.24) is 9.78 Å². The predicted octanol–water partition coefficient (Wildman–Crippen LogP) is 2.64. The summed E-state index contributed by atoms with van der Waals surface area (Å²) in [5.41, 5.74) is 9.14. The van der Waals surface area contributed by atoms with Crippen LogP contribution in [0.2, 0.25) is 0 Å². The lowest BCUT2D eigenvalue weighted by Crippen LogP contribution is -2.25. The Bertz CT molecular complexity index is 573. The molecule has 0 saturated heterocycles. The molecular formula is C15H21N3O. The van der Waals surface area contributed by atoms with E-state index in [1.165, 1.54) is 5.56 Å². The Balaban J connectivity index is 2.32. The van der Waals surface area contributed by atoms with Gasteiger partial charge in [0.1, 0.15) is 5.82 Å². The van der Waals surface area contributed by atoms with E-state index >= 15 is 0 Å². The standard InChI is InChI=1S/C15H21N3O/c1-15(2,19-4)9-11-6-5-7-12(8-11)13-10-17-18(3)14(13)16/h5-8,10H,9,16H2,1-4H3. The minimum Gasteiger partial charge on any atom is -0.383 e. The normalized spacial score (nSPS) is 11.8. The number of anilines is 1. The summed E-state index contributed by atoms with van der Waals surface area (Å²) in [6, 6.07) is 8.35. The highest BCUT2D eigenvalue weighted by Gasteiger charge is 2.17. The number of methoxy groups -OCH3 is 1. The molecule has 0 aliphatic carbocycles. The fraction of sp³-hybridized carbons (Fsp3) is 0.400. The zero-order chi connectivity index (χ0) is 14.0. The van der Waals surface area contributed by atoms with Crippen molar-refractivity contribution in [2.24, 2.45) is 7.05 Å². The molecule has 0 amide bonds. The molecule has 0 fully saturated rings. The van der Waals surface area contributed by atoms with Gasteiger partial charge in [-0.2, -0.15) is 5.10 Å². The third-order valence-electron chi connectivity index (χ3n) is 3.41. The molecule has 4 nitrogen and oxygen atoms in total. The largest absolute Gasteiger partial charge is 0.383 e. The lowest BCUT2D eigenvalue weighted by Gasteiger charge is -2.23. The molecule has 0 bridgehead atoms. The van der Waals surface area contributed by atoms with Gasteiger partial charge in [0.15, 0.2) is 0 Å². The number of nitrogen functional groups attached to an aromatic ring is 1. The summed E-state index contributed by atoms with van der Waals surface area (Å²) < 4.78 is 7.16. The molecule has 0 aliphatic heterocycles. The van der Waals surface area contributed by atoms with Crippen LogP contribution >= 0.6 is 0 Å². The van der Waals surface area contributed by atoms with E-state index < -0.39 is 0 Å². The zero-order valence-corrected chi connectivity index (χ0v) is 12.0. The lowest BCUT2D eigenvalue weighted by molar-refractivity contribution is 0.0232. The van der Waals surface area contributed by atoms with E-state index in [4.69, 9.17) is 10.5 Å². The Morgan fingerprint density at radius 2 is 2.11 bits per heavy atom. The topological polar surface area (TPSA) is 53.1 Å².